The molecule has 10 nitrogen and oxygen atoms in total. The molecule has 1 atom stereocenters. The molecule has 1 saturated carbocycles. The number of guanidine groups is 1. The minimum Gasteiger partial charge on any atom is -0.493 e. The lowest BCUT2D eigenvalue weighted by Gasteiger charge is -2.25. The van der Waals surface area contributed by atoms with E-state index in [1.165, 1.54) is 6.42 Å². The van der Waals surface area contributed by atoms with Gasteiger partial charge in [0.05, 0.1) is 12.8 Å². The maximum atomic E-state index is 13.3. The highest BCUT2D eigenvalue weighted by Crippen LogP contribution is 2.36. The van der Waals surface area contributed by atoms with E-state index in [4.69, 9.17) is 20.9 Å². The Kier molecular flexibility index (Phi) is 13.6. The predicted molar refractivity (Wildman–Crippen MR) is 172 cm³/mol. The summed E-state index contributed by atoms with van der Waals surface area (Å²) < 4.78 is 14.0. The van der Waals surface area contributed by atoms with Crippen LogP contribution in [0.1, 0.15) is 76.9 Å². The van der Waals surface area contributed by atoms with Gasteiger partial charge in [0, 0.05) is 23.7 Å². The first-order valence-electron chi connectivity index (χ1n) is 15.1. The summed E-state index contributed by atoms with van der Waals surface area (Å²) in [5.74, 6) is 2.10. The molecule has 1 aliphatic rings. The van der Waals surface area contributed by atoms with Crippen molar-refractivity contribution in [3.63, 3.8) is 0 Å². The molecule has 1 aromatic heterocycles. The van der Waals surface area contributed by atoms with E-state index in [0.29, 0.717) is 37.6 Å². The zero-order chi connectivity index (χ0) is 29.7. The van der Waals surface area contributed by atoms with Crippen LogP contribution in [0.15, 0.2) is 59.7 Å². The molecular weight excluding hydrogens is 566 g/mol. The average Bonchev–Trinajstić information content (AvgIpc) is 3.45. The lowest BCUT2D eigenvalue weighted by molar-refractivity contribution is -0.125. The highest BCUT2D eigenvalue weighted by molar-refractivity contribution is 5.85. The third-order valence-electron chi connectivity index (χ3n) is 7.45. The molecule has 11 heteroatoms. The van der Waals surface area contributed by atoms with Crippen molar-refractivity contribution in [3.05, 3.63) is 60.4 Å². The van der Waals surface area contributed by atoms with E-state index in [-0.39, 0.29) is 36.9 Å². The average molecular weight is 612 g/mol. The highest BCUT2D eigenvalue weighted by atomic mass is 35.5. The number of nitrogens with one attached hydrogen (secondary N) is 1. The van der Waals surface area contributed by atoms with Gasteiger partial charge in [0.2, 0.25) is 5.91 Å². The number of carbonyl (C=O) groups is 1. The number of amides is 1. The number of hydrogen-bond acceptors (Lipinski definition) is 6. The molecule has 1 fully saturated rings. The van der Waals surface area contributed by atoms with E-state index in [0.717, 1.165) is 54.7 Å². The number of carbonyl (C=O) groups excluding carboxylic acids is 1. The number of hydrogen-bond donors (Lipinski definition) is 3. The van der Waals surface area contributed by atoms with Gasteiger partial charge >= 0.3 is 0 Å². The van der Waals surface area contributed by atoms with Gasteiger partial charge in [-0.2, -0.15) is 0 Å². The van der Waals surface area contributed by atoms with E-state index in [1.807, 2.05) is 48.5 Å². The molecule has 43 heavy (non-hydrogen) atoms. The summed E-state index contributed by atoms with van der Waals surface area (Å²) in [6.45, 7) is 5.68. The van der Waals surface area contributed by atoms with Crippen LogP contribution in [0.3, 0.4) is 0 Å². The van der Waals surface area contributed by atoms with Crippen molar-refractivity contribution in [3.8, 4) is 22.6 Å². The van der Waals surface area contributed by atoms with Gasteiger partial charge in [-0.05, 0) is 50.2 Å². The SMILES string of the molecule is CC(C)CCOc1ccccc1-c1ccccc1OCc1cn([C@H](CCCN=C(N)N)C(=O)NC2CCCCC2)nn1.Cl. The minimum absolute atomic E-state index is 0. The number of aliphatic imine (C=N–C) groups is 1. The molecule has 0 spiro atoms. The Bertz CT molecular complexity index is 1300. The fraction of sp³-hybridized carbons (Fsp3) is 0.500. The molecule has 5 N–H and O–H groups in total. The second kappa shape index (κ2) is 17.4. The van der Waals surface area contributed by atoms with Gasteiger partial charge in [0.1, 0.15) is 29.8 Å². The zero-order valence-corrected chi connectivity index (χ0v) is 26.1. The van der Waals surface area contributed by atoms with Crippen LogP contribution in [0.4, 0.5) is 0 Å². The van der Waals surface area contributed by atoms with E-state index >= 15 is 0 Å². The first kappa shape index (κ1) is 33.7. The lowest BCUT2D eigenvalue weighted by Crippen LogP contribution is -2.41. The molecule has 0 aliphatic heterocycles. The summed E-state index contributed by atoms with van der Waals surface area (Å²) in [5, 5.41) is 11.9. The lowest BCUT2D eigenvalue weighted by atomic mass is 9.95. The fourth-order valence-corrected chi connectivity index (χ4v) is 5.14. The Morgan fingerprint density at radius 1 is 1.00 bits per heavy atom. The van der Waals surface area contributed by atoms with Crippen molar-refractivity contribution in [1.29, 1.82) is 0 Å². The Hall–Kier alpha value is -3.79. The molecule has 4 rings (SSSR count). The zero-order valence-electron chi connectivity index (χ0n) is 25.3. The topological polar surface area (TPSA) is 143 Å². The van der Waals surface area contributed by atoms with E-state index < -0.39 is 6.04 Å². The Balaban J connectivity index is 0.00000506. The van der Waals surface area contributed by atoms with Crippen LogP contribution in [0.25, 0.3) is 11.1 Å². The van der Waals surface area contributed by atoms with Crippen LogP contribution in [0, 0.1) is 5.92 Å². The van der Waals surface area contributed by atoms with Crippen LogP contribution >= 0.6 is 12.4 Å². The number of nitrogens with two attached hydrogens (primary N) is 2. The Morgan fingerprint density at radius 3 is 2.30 bits per heavy atom. The number of benzene rings is 2. The largest absolute Gasteiger partial charge is 0.493 e. The first-order valence-corrected chi connectivity index (χ1v) is 15.1. The number of ether oxygens (including phenoxy) is 2. The number of nitrogens with zero attached hydrogens (tertiary/aromatic N) is 4. The molecule has 0 radical (unpaired) electrons. The van der Waals surface area contributed by atoms with Crippen molar-refractivity contribution >= 4 is 24.3 Å². The van der Waals surface area contributed by atoms with Crippen LogP contribution in [-0.4, -0.2) is 46.1 Å². The summed E-state index contributed by atoms with van der Waals surface area (Å²) in [5.41, 5.74) is 13.5. The maximum Gasteiger partial charge on any atom is 0.245 e. The highest BCUT2D eigenvalue weighted by Gasteiger charge is 2.25. The number of halogens is 1. The maximum absolute atomic E-state index is 13.3. The molecule has 0 unspecified atom stereocenters. The molecule has 2 aromatic carbocycles. The summed E-state index contributed by atoms with van der Waals surface area (Å²) in [6.07, 6.45) is 9.46. The van der Waals surface area contributed by atoms with Gasteiger partial charge in [-0.15, -0.1) is 17.5 Å². The Morgan fingerprint density at radius 2 is 1.65 bits per heavy atom. The normalized spacial score (nSPS) is 14.0. The van der Waals surface area contributed by atoms with Gasteiger partial charge in [0.25, 0.3) is 0 Å². The molecule has 234 valence electrons. The number of para-hydroxylation sites is 2. The second-order valence-corrected chi connectivity index (χ2v) is 11.3. The van der Waals surface area contributed by atoms with Gasteiger partial charge in [-0.3, -0.25) is 9.79 Å². The van der Waals surface area contributed by atoms with Gasteiger partial charge < -0.3 is 26.3 Å². The summed E-state index contributed by atoms with van der Waals surface area (Å²) in [7, 11) is 0. The van der Waals surface area contributed by atoms with E-state index in [9.17, 15) is 4.79 Å². The molecule has 1 aliphatic carbocycles. The Labute approximate surface area is 261 Å². The van der Waals surface area contributed by atoms with Gasteiger partial charge in [-0.25, -0.2) is 4.68 Å². The second-order valence-electron chi connectivity index (χ2n) is 11.3. The smallest absolute Gasteiger partial charge is 0.245 e. The summed E-state index contributed by atoms with van der Waals surface area (Å²) in [6, 6.07) is 15.6. The standard InChI is InChI=1S/C32H45N7O3.ClH/c1-23(2)18-20-41-29-16-8-6-13-26(29)27-14-7-9-17-30(27)42-22-25-21-39(38-37-25)28(15-10-19-35-32(33)34)31(40)36-24-11-4-3-5-12-24;/h6-9,13-14,16-17,21,23-24,28H,3-5,10-12,15,18-20,22H2,1-2H3,(H,36,40)(H4,33,34,35);1H/t28-;/m1./s1. The van der Waals surface area contributed by atoms with E-state index in [1.54, 1.807) is 10.9 Å². The molecule has 1 amide bonds. The molecule has 3 aromatic rings. The third-order valence-corrected chi connectivity index (χ3v) is 7.45. The molecule has 0 bridgehead atoms. The monoisotopic (exact) mass is 611 g/mol. The summed E-state index contributed by atoms with van der Waals surface area (Å²) >= 11 is 0. The summed E-state index contributed by atoms with van der Waals surface area (Å²) in [4.78, 5) is 17.4. The molecular formula is C32H46ClN7O3. The predicted octanol–water partition coefficient (Wildman–Crippen LogP) is 5.41. The molecule has 1 heterocycles. The van der Waals surface area contributed by atoms with Gasteiger partial charge in [0.15, 0.2) is 5.96 Å². The van der Waals surface area contributed by atoms with Crippen LogP contribution < -0.4 is 26.3 Å². The van der Waals surface area contributed by atoms with E-state index in [2.05, 4.69) is 34.5 Å². The fourth-order valence-electron chi connectivity index (χ4n) is 5.14. The van der Waals surface area contributed by atoms with Crippen molar-refractivity contribution in [2.75, 3.05) is 13.2 Å². The number of rotatable bonds is 15. The van der Waals surface area contributed by atoms with Gasteiger partial charge in [-0.1, -0.05) is 74.7 Å². The van der Waals surface area contributed by atoms with Crippen molar-refractivity contribution in [2.24, 2.45) is 22.4 Å². The number of aromatic nitrogens is 3. The van der Waals surface area contributed by atoms with Crippen molar-refractivity contribution in [1.82, 2.24) is 20.3 Å². The van der Waals surface area contributed by atoms with Crippen molar-refractivity contribution in [2.45, 2.75) is 83.9 Å². The minimum atomic E-state index is -0.510. The van der Waals surface area contributed by atoms with Crippen LogP contribution in [-0.2, 0) is 11.4 Å². The third kappa shape index (κ3) is 10.5. The van der Waals surface area contributed by atoms with Crippen LogP contribution in [0.2, 0.25) is 0 Å². The quantitative estimate of drug-likeness (QED) is 0.118. The first-order chi connectivity index (χ1) is 20.4. The molecule has 0 saturated heterocycles. The van der Waals surface area contributed by atoms with Crippen molar-refractivity contribution < 1.29 is 14.3 Å². The van der Waals surface area contributed by atoms with Crippen LogP contribution in [0.5, 0.6) is 11.5 Å².